The highest BCUT2D eigenvalue weighted by Crippen LogP contribution is 2.01. The molecule has 1 unspecified atom stereocenters. The van der Waals surface area contributed by atoms with Gasteiger partial charge in [0.15, 0.2) is 0 Å². The maximum atomic E-state index is 10.5. The Morgan fingerprint density at radius 3 is 2.53 bits per heavy atom. The van der Waals surface area contributed by atoms with Crippen LogP contribution < -0.4 is 10.0 Å². The van der Waals surface area contributed by atoms with E-state index in [1.807, 2.05) is 18.2 Å². The number of aromatic carboxylic acids is 1. The molecule has 1 N–H and O–H groups in total. The van der Waals surface area contributed by atoms with E-state index < -0.39 is 5.97 Å². The van der Waals surface area contributed by atoms with E-state index in [4.69, 9.17) is 0 Å². The van der Waals surface area contributed by atoms with Crippen LogP contribution in [0.3, 0.4) is 0 Å². The first-order chi connectivity index (χ1) is 7.13. The van der Waals surface area contributed by atoms with Gasteiger partial charge in [0.2, 0.25) is 0 Å². The van der Waals surface area contributed by atoms with E-state index in [2.05, 4.69) is 13.6 Å². The molecule has 0 spiro atoms. The monoisotopic (exact) mass is 205 g/mol. The summed E-state index contributed by atoms with van der Waals surface area (Å²) < 4.78 is 0. The lowest BCUT2D eigenvalue weighted by molar-refractivity contribution is -0.887. The summed E-state index contributed by atoms with van der Waals surface area (Å²) in [6, 6.07) is 6.78. The van der Waals surface area contributed by atoms with E-state index in [9.17, 15) is 9.90 Å². The molecular formula is C12H15NO2. The quantitative estimate of drug-likeness (QED) is 0.643. The van der Waals surface area contributed by atoms with Crippen LogP contribution >= 0.6 is 0 Å². The van der Waals surface area contributed by atoms with Gasteiger partial charge in [-0.2, -0.15) is 0 Å². The number of carboxylic acids is 1. The van der Waals surface area contributed by atoms with E-state index in [1.165, 1.54) is 4.90 Å². The van der Waals surface area contributed by atoms with Gasteiger partial charge in [0.1, 0.15) is 6.54 Å². The summed E-state index contributed by atoms with van der Waals surface area (Å²) in [4.78, 5) is 11.8. The molecule has 15 heavy (non-hydrogen) atoms. The third-order valence-corrected chi connectivity index (χ3v) is 2.19. The van der Waals surface area contributed by atoms with Crippen molar-refractivity contribution >= 4 is 5.97 Å². The van der Waals surface area contributed by atoms with Crippen molar-refractivity contribution in [2.24, 2.45) is 0 Å². The molecule has 0 bridgehead atoms. The second-order valence-corrected chi connectivity index (χ2v) is 3.61. The largest absolute Gasteiger partial charge is 0.545 e. The number of carbonyl (C=O) groups excluding carboxylic acids is 1. The second kappa shape index (κ2) is 5.32. The van der Waals surface area contributed by atoms with Crippen LogP contribution in [0.4, 0.5) is 0 Å². The Labute approximate surface area is 89.6 Å². The topological polar surface area (TPSA) is 44.6 Å². The standard InChI is InChI=1S/C12H15NO2/c1-3-8-13(2)9-10-4-6-11(7-5-10)12(14)15/h3-7H,1,8-9H2,2H3,(H,14,15). The van der Waals surface area contributed by atoms with Gasteiger partial charge < -0.3 is 14.8 Å². The Morgan fingerprint density at radius 2 is 2.07 bits per heavy atom. The molecule has 0 radical (unpaired) electrons. The van der Waals surface area contributed by atoms with Crippen molar-refractivity contribution in [2.45, 2.75) is 6.54 Å². The average Bonchev–Trinajstić information content (AvgIpc) is 2.18. The van der Waals surface area contributed by atoms with E-state index in [-0.39, 0.29) is 5.56 Å². The van der Waals surface area contributed by atoms with Gasteiger partial charge in [-0.25, -0.2) is 0 Å². The minimum absolute atomic E-state index is 0.222. The fraction of sp³-hybridized carbons (Fsp3) is 0.250. The van der Waals surface area contributed by atoms with E-state index in [0.29, 0.717) is 0 Å². The number of rotatable bonds is 5. The summed E-state index contributed by atoms with van der Waals surface area (Å²) in [5.74, 6) is -1.13. The molecule has 0 fully saturated rings. The smallest absolute Gasteiger partial charge is 0.103 e. The van der Waals surface area contributed by atoms with Gasteiger partial charge in [0.05, 0.1) is 19.6 Å². The van der Waals surface area contributed by atoms with Gasteiger partial charge in [-0.15, -0.1) is 0 Å². The first-order valence-corrected chi connectivity index (χ1v) is 4.86. The molecule has 0 amide bonds. The zero-order valence-electron chi connectivity index (χ0n) is 8.82. The van der Waals surface area contributed by atoms with Gasteiger partial charge in [-0.05, 0) is 11.6 Å². The van der Waals surface area contributed by atoms with Crippen LogP contribution in [-0.4, -0.2) is 19.6 Å². The molecule has 0 saturated carbocycles. The third kappa shape index (κ3) is 3.56. The van der Waals surface area contributed by atoms with Crippen LogP contribution in [-0.2, 0) is 6.54 Å². The molecule has 1 aromatic carbocycles. The predicted octanol–water partition coefficient (Wildman–Crippen LogP) is -0.749. The molecule has 1 atom stereocenters. The highest BCUT2D eigenvalue weighted by atomic mass is 16.4. The van der Waals surface area contributed by atoms with Gasteiger partial charge in [-0.1, -0.05) is 30.8 Å². The predicted molar refractivity (Wildman–Crippen MR) is 56.4 cm³/mol. The summed E-state index contributed by atoms with van der Waals surface area (Å²) in [5, 5.41) is 10.5. The van der Waals surface area contributed by atoms with Gasteiger partial charge in [0.25, 0.3) is 0 Å². The van der Waals surface area contributed by atoms with Gasteiger partial charge >= 0.3 is 0 Å². The summed E-state index contributed by atoms with van der Waals surface area (Å²) >= 11 is 0. The molecule has 1 rings (SSSR count). The van der Waals surface area contributed by atoms with Crippen molar-refractivity contribution in [3.8, 4) is 0 Å². The normalized spacial score (nSPS) is 12.1. The lowest BCUT2D eigenvalue weighted by Gasteiger charge is -2.11. The Hall–Kier alpha value is -1.61. The minimum atomic E-state index is -1.13. The van der Waals surface area contributed by atoms with E-state index in [0.717, 1.165) is 18.7 Å². The molecule has 0 aliphatic rings. The van der Waals surface area contributed by atoms with Crippen LogP contribution in [0.25, 0.3) is 0 Å². The Bertz CT molecular complexity index is 343. The summed E-state index contributed by atoms with van der Waals surface area (Å²) in [5.41, 5.74) is 1.33. The number of hydrogen-bond donors (Lipinski definition) is 1. The number of hydrogen-bond acceptors (Lipinski definition) is 2. The molecular weight excluding hydrogens is 190 g/mol. The molecule has 0 heterocycles. The fourth-order valence-electron chi connectivity index (χ4n) is 1.43. The molecule has 0 aromatic heterocycles. The highest BCUT2D eigenvalue weighted by Gasteiger charge is 2.01. The molecule has 0 aliphatic heterocycles. The zero-order chi connectivity index (χ0) is 11.3. The Kier molecular flexibility index (Phi) is 4.06. The van der Waals surface area contributed by atoms with Crippen LogP contribution in [0, 0.1) is 0 Å². The maximum absolute atomic E-state index is 10.5. The zero-order valence-corrected chi connectivity index (χ0v) is 8.82. The first kappa shape index (κ1) is 11.5. The molecule has 1 aromatic rings. The minimum Gasteiger partial charge on any atom is -0.545 e. The summed E-state index contributed by atoms with van der Waals surface area (Å²) in [6.45, 7) is 5.42. The number of quaternary nitrogens is 1. The van der Waals surface area contributed by atoms with Crippen LogP contribution in [0.2, 0.25) is 0 Å². The van der Waals surface area contributed by atoms with Crippen molar-refractivity contribution in [1.82, 2.24) is 0 Å². The SMILES string of the molecule is C=CC[NH+](C)Cc1ccc(C(=O)[O-])cc1. The molecule has 3 heteroatoms. The molecule has 0 saturated heterocycles. The molecule has 3 nitrogen and oxygen atoms in total. The van der Waals surface area contributed by atoms with E-state index in [1.54, 1.807) is 12.1 Å². The van der Waals surface area contributed by atoms with Gasteiger partial charge in [-0.3, -0.25) is 0 Å². The van der Waals surface area contributed by atoms with Crippen LogP contribution in [0.15, 0.2) is 36.9 Å². The lowest BCUT2D eigenvalue weighted by atomic mass is 10.1. The highest BCUT2D eigenvalue weighted by molar-refractivity contribution is 5.85. The van der Waals surface area contributed by atoms with Crippen molar-refractivity contribution in [1.29, 1.82) is 0 Å². The second-order valence-electron chi connectivity index (χ2n) is 3.61. The summed E-state index contributed by atoms with van der Waals surface area (Å²) in [6.07, 6.45) is 1.87. The Balaban J connectivity index is 2.64. The van der Waals surface area contributed by atoms with Crippen LogP contribution in [0.1, 0.15) is 15.9 Å². The third-order valence-electron chi connectivity index (χ3n) is 2.19. The van der Waals surface area contributed by atoms with E-state index >= 15 is 0 Å². The maximum Gasteiger partial charge on any atom is 0.103 e. The lowest BCUT2D eigenvalue weighted by Crippen LogP contribution is -3.07. The molecule has 0 aliphatic carbocycles. The number of carboxylic acid groups (broad SMARTS) is 1. The van der Waals surface area contributed by atoms with Crippen molar-refractivity contribution in [3.05, 3.63) is 48.0 Å². The van der Waals surface area contributed by atoms with Crippen LogP contribution in [0.5, 0.6) is 0 Å². The van der Waals surface area contributed by atoms with Crippen molar-refractivity contribution in [2.75, 3.05) is 13.6 Å². The Morgan fingerprint density at radius 1 is 1.47 bits per heavy atom. The molecule has 80 valence electrons. The fourth-order valence-corrected chi connectivity index (χ4v) is 1.43. The average molecular weight is 205 g/mol. The number of benzene rings is 1. The first-order valence-electron chi connectivity index (χ1n) is 4.86. The number of carbonyl (C=O) groups is 1. The number of nitrogens with one attached hydrogen (secondary N) is 1. The number of likely N-dealkylation sites (N-methyl/N-ethyl adjacent to an activating group) is 1. The van der Waals surface area contributed by atoms with Crippen molar-refractivity contribution < 1.29 is 14.8 Å². The van der Waals surface area contributed by atoms with Gasteiger partial charge in [0, 0.05) is 5.56 Å². The summed E-state index contributed by atoms with van der Waals surface area (Å²) in [7, 11) is 2.06. The van der Waals surface area contributed by atoms with Crippen molar-refractivity contribution in [3.63, 3.8) is 0 Å².